The van der Waals surface area contributed by atoms with Gasteiger partial charge in [0, 0.05) is 18.0 Å². The zero-order valence-electron chi connectivity index (χ0n) is 8.53. The molecule has 0 aliphatic rings. The van der Waals surface area contributed by atoms with Crippen LogP contribution in [0.3, 0.4) is 0 Å². The lowest BCUT2D eigenvalue weighted by Crippen LogP contribution is -1.98. The molecule has 14 heavy (non-hydrogen) atoms. The Labute approximate surface area is 82.4 Å². The van der Waals surface area contributed by atoms with Crippen LogP contribution in [0.25, 0.3) is 5.65 Å². The molecule has 3 nitrogen and oxygen atoms in total. The average Bonchev–Trinajstić information content (AvgIpc) is 2.42. The molecule has 0 atom stereocenters. The molecule has 2 heterocycles. The van der Waals surface area contributed by atoms with Crippen molar-refractivity contribution < 1.29 is 4.79 Å². The summed E-state index contributed by atoms with van der Waals surface area (Å²) in [6, 6.07) is 1.84. The molecule has 72 valence electrons. The maximum atomic E-state index is 11.3. The molecule has 3 heteroatoms. The standard InChI is InChI=1S/C11H12N2O/c1-7-5-13-6-8(2)12-11(13)4-10(7)9(3)14/h4-6H,1-3H3. The van der Waals surface area contributed by atoms with E-state index in [0.717, 1.165) is 22.5 Å². The van der Waals surface area contributed by atoms with Crippen molar-refractivity contribution in [2.24, 2.45) is 0 Å². The highest BCUT2D eigenvalue weighted by Crippen LogP contribution is 2.13. The third-order valence-electron chi connectivity index (χ3n) is 2.29. The number of aryl methyl sites for hydroxylation is 2. The number of aromatic nitrogens is 2. The van der Waals surface area contributed by atoms with Gasteiger partial charge in [-0.2, -0.15) is 0 Å². The summed E-state index contributed by atoms with van der Waals surface area (Å²) in [6.45, 7) is 5.45. The molecule has 0 bridgehead atoms. The molecular weight excluding hydrogens is 176 g/mol. The van der Waals surface area contributed by atoms with Gasteiger partial charge in [-0.25, -0.2) is 4.98 Å². The number of ketones is 1. The summed E-state index contributed by atoms with van der Waals surface area (Å²) in [5.41, 5.74) is 3.54. The number of Topliss-reactive ketones (excluding diaryl/α,β-unsaturated/α-hetero) is 1. The van der Waals surface area contributed by atoms with Crippen molar-refractivity contribution in [2.75, 3.05) is 0 Å². The van der Waals surface area contributed by atoms with Gasteiger partial charge in [0.25, 0.3) is 0 Å². The molecule has 0 saturated heterocycles. The van der Waals surface area contributed by atoms with Crippen molar-refractivity contribution in [3.8, 4) is 0 Å². The van der Waals surface area contributed by atoms with Gasteiger partial charge in [0.15, 0.2) is 5.78 Å². The molecule has 2 aromatic rings. The first-order chi connectivity index (χ1) is 6.58. The normalized spacial score (nSPS) is 10.8. The Balaban J connectivity index is 2.76. The summed E-state index contributed by atoms with van der Waals surface area (Å²) in [7, 11) is 0. The lowest BCUT2D eigenvalue weighted by atomic mass is 10.1. The fraction of sp³-hybridized carbons (Fsp3) is 0.273. The Hall–Kier alpha value is -1.64. The van der Waals surface area contributed by atoms with E-state index >= 15 is 0 Å². The quantitative estimate of drug-likeness (QED) is 0.642. The molecule has 0 unspecified atom stereocenters. The van der Waals surface area contributed by atoms with Crippen molar-refractivity contribution in [3.63, 3.8) is 0 Å². The Kier molecular flexibility index (Phi) is 1.88. The summed E-state index contributed by atoms with van der Waals surface area (Å²) in [4.78, 5) is 15.6. The molecule has 0 spiro atoms. The average molecular weight is 188 g/mol. The fourth-order valence-corrected chi connectivity index (χ4v) is 1.65. The van der Waals surface area contributed by atoms with Crippen LogP contribution in [-0.4, -0.2) is 15.2 Å². The number of hydrogen-bond acceptors (Lipinski definition) is 2. The first-order valence-electron chi connectivity index (χ1n) is 4.55. The monoisotopic (exact) mass is 188 g/mol. The van der Waals surface area contributed by atoms with Crippen LogP contribution in [0.2, 0.25) is 0 Å². The van der Waals surface area contributed by atoms with E-state index in [1.54, 1.807) is 6.92 Å². The number of rotatable bonds is 1. The SMILES string of the molecule is CC(=O)c1cc2nc(C)cn2cc1C. The molecule has 0 fully saturated rings. The maximum Gasteiger partial charge on any atom is 0.160 e. The van der Waals surface area contributed by atoms with Crippen LogP contribution in [-0.2, 0) is 0 Å². The van der Waals surface area contributed by atoms with Crippen molar-refractivity contribution >= 4 is 11.4 Å². The smallest absolute Gasteiger partial charge is 0.160 e. The number of fused-ring (bicyclic) bond motifs is 1. The zero-order chi connectivity index (χ0) is 10.3. The second-order valence-corrected chi connectivity index (χ2v) is 3.57. The number of nitrogens with zero attached hydrogens (tertiary/aromatic N) is 2. The largest absolute Gasteiger partial charge is 0.307 e. The first kappa shape index (κ1) is 8.94. The Morgan fingerprint density at radius 3 is 2.71 bits per heavy atom. The Bertz CT molecular complexity index is 511. The second-order valence-electron chi connectivity index (χ2n) is 3.57. The van der Waals surface area contributed by atoms with Gasteiger partial charge in [0.1, 0.15) is 5.65 Å². The summed E-state index contributed by atoms with van der Waals surface area (Å²) < 4.78 is 1.94. The van der Waals surface area contributed by atoms with Crippen molar-refractivity contribution in [3.05, 3.63) is 35.3 Å². The maximum absolute atomic E-state index is 11.3. The highest BCUT2D eigenvalue weighted by Gasteiger charge is 2.06. The third kappa shape index (κ3) is 1.31. The van der Waals surface area contributed by atoms with Crippen LogP contribution in [0, 0.1) is 13.8 Å². The molecule has 0 aliphatic heterocycles. The van der Waals surface area contributed by atoms with Gasteiger partial charge in [-0.15, -0.1) is 0 Å². The third-order valence-corrected chi connectivity index (χ3v) is 2.29. The lowest BCUT2D eigenvalue weighted by Gasteiger charge is -2.02. The molecule has 2 rings (SSSR count). The predicted octanol–water partition coefficient (Wildman–Crippen LogP) is 2.15. The minimum atomic E-state index is 0.0886. The Morgan fingerprint density at radius 1 is 1.36 bits per heavy atom. The van der Waals surface area contributed by atoms with Gasteiger partial charge < -0.3 is 4.40 Å². The van der Waals surface area contributed by atoms with E-state index < -0.39 is 0 Å². The summed E-state index contributed by atoms with van der Waals surface area (Å²) in [6.07, 6.45) is 3.89. The number of carbonyl (C=O) groups is 1. The number of carbonyl (C=O) groups excluding carboxylic acids is 1. The van der Waals surface area contributed by atoms with E-state index in [9.17, 15) is 4.79 Å². The zero-order valence-corrected chi connectivity index (χ0v) is 8.53. The minimum Gasteiger partial charge on any atom is -0.307 e. The van der Waals surface area contributed by atoms with Crippen LogP contribution in [0.15, 0.2) is 18.5 Å². The van der Waals surface area contributed by atoms with E-state index in [1.807, 2.05) is 36.7 Å². The fourth-order valence-electron chi connectivity index (χ4n) is 1.65. The van der Waals surface area contributed by atoms with Gasteiger partial charge in [0.2, 0.25) is 0 Å². The van der Waals surface area contributed by atoms with E-state index in [2.05, 4.69) is 4.98 Å². The van der Waals surface area contributed by atoms with E-state index in [4.69, 9.17) is 0 Å². The lowest BCUT2D eigenvalue weighted by molar-refractivity contribution is 0.101. The van der Waals surface area contributed by atoms with Crippen molar-refractivity contribution in [1.82, 2.24) is 9.38 Å². The number of pyridine rings is 1. The van der Waals surface area contributed by atoms with Crippen LogP contribution in [0.5, 0.6) is 0 Å². The summed E-state index contributed by atoms with van der Waals surface area (Å²) >= 11 is 0. The molecule has 0 aromatic carbocycles. The number of hydrogen-bond donors (Lipinski definition) is 0. The van der Waals surface area contributed by atoms with Crippen LogP contribution in [0.1, 0.15) is 28.5 Å². The molecule has 0 radical (unpaired) electrons. The number of imidazole rings is 1. The highest BCUT2D eigenvalue weighted by atomic mass is 16.1. The highest BCUT2D eigenvalue weighted by molar-refractivity contribution is 5.96. The van der Waals surface area contributed by atoms with Gasteiger partial charge in [-0.05, 0) is 32.4 Å². The molecule has 0 saturated carbocycles. The van der Waals surface area contributed by atoms with Crippen molar-refractivity contribution in [2.45, 2.75) is 20.8 Å². The van der Waals surface area contributed by atoms with Gasteiger partial charge in [-0.3, -0.25) is 4.79 Å². The Morgan fingerprint density at radius 2 is 2.07 bits per heavy atom. The van der Waals surface area contributed by atoms with E-state index in [-0.39, 0.29) is 5.78 Å². The van der Waals surface area contributed by atoms with Crippen LogP contribution >= 0.6 is 0 Å². The van der Waals surface area contributed by atoms with E-state index in [0.29, 0.717) is 0 Å². The topological polar surface area (TPSA) is 34.4 Å². The van der Waals surface area contributed by atoms with Crippen molar-refractivity contribution in [1.29, 1.82) is 0 Å². The van der Waals surface area contributed by atoms with Crippen LogP contribution in [0.4, 0.5) is 0 Å². The van der Waals surface area contributed by atoms with E-state index in [1.165, 1.54) is 0 Å². The van der Waals surface area contributed by atoms with Gasteiger partial charge >= 0.3 is 0 Å². The first-order valence-corrected chi connectivity index (χ1v) is 4.55. The summed E-state index contributed by atoms with van der Waals surface area (Å²) in [5.74, 6) is 0.0886. The molecular formula is C11H12N2O. The predicted molar refractivity (Wildman–Crippen MR) is 54.7 cm³/mol. The van der Waals surface area contributed by atoms with Gasteiger partial charge in [0.05, 0.1) is 5.69 Å². The minimum absolute atomic E-state index is 0.0886. The molecule has 2 aromatic heterocycles. The molecule has 0 N–H and O–H groups in total. The summed E-state index contributed by atoms with van der Waals surface area (Å²) in [5, 5.41) is 0. The van der Waals surface area contributed by atoms with Crippen LogP contribution < -0.4 is 0 Å². The molecule has 0 aliphatic carbocycles. The van der Waals surface area contributed by atoms with Gasteiger partial charge in [-0.1, -0.05) is 0 Å². The second kappa shape index (κ2) is 2.94. The molecule has 0 amide bonds.